The third-order valence-electron chi connectivity index (χ3n) is 0. The van der Waals surface area contributed by atoms with Crippen molar-refractivity contribution in [2.45, 2.75) is 13.8 Å². The van der Waals surface area contributed by atoms with Crippen molar-refractivity contribution in [2.75, 3.05) is 0 Å². The molecule has 0 aromatic rings. The monoisotopic (exact) mass is 182 g/mol. The molecule has 0 amide bonds. The molecule has 0 heterocycles. The normalized spacial score (nSPS) is 6.17. The molecule has 7 heteroatoms. The molecule has 0 aliphatic heterocycles. The molecule has 0 aromatic heterocycles. The van der Waals surface area contributed by atoms with E-state index in [1.807, 2.05) is 0 Å². The average molecular weight is 182 g/mol. The first-order valence-corrected chi connectivity index (χ1v) is 2.51. The number of carboxylic acids is 2. The average Bonchev–Trinajstić information content (AvgIpc) is 1.54. The van der Waals surface area contributed by atoms with Gasteiger partial charge in [0.05, 0.1) is 0 Å². The van der Waals surface area contributed by atoms with Crippen molar-refractivity contribution in [3.05, 3.63) is 0 Å². The summed E-state index contributed by atoms with van der Waals surface area (Å²) in [7, 11) is 0. The molecule has 0 bridgehead atoms. The predicted octanol–water partition coefficient (Wildman–Crippen LogP) is 0.404. The maximum Gasteiger partial charge on any atom is 0.503 e. The maximum absolute atomic E-state index is 9.00. The number of rotatable bonds is 0. The second-order valence-corrected chi connectivity index (χ2v) is 1.32. The molecular formula is C5H10O7. The van der Waals surface area contributed by atoms with Crippen LogP contribution in [0.3, 0.4) is 0 Å². The SMILES string of the molecule is CC(=O)O.CC(=O)O.O=C(O)O. The molecule has 0 saturated carbocycles. The number of carbonyl (C=O) groups is 3. The fraction of sp³-hybridized carbons (Fsp3) is 0.400. The molecule has 0 aromatic carbocycles. The number of aliphatic carboxylic acids is 2. The summed E-state index contributed by atoms with van der Waals surface area (Å²) in [5.41, 5.74) is 0. The van der Waals surface area contributed by atoms with Gasteiger partial charge in [0.1, 0.15) is 0 Å². The fourth-order valence-electron chi connectivity index (χ4n) is 0. The summed E-state index contributed by atoms with van der Waals surface area (Å²) in [5.74, 6) is -1.67. The largest absolute Gasteiger partial charge is 0.503 e. The lowest BCUT2D eigenvalue weighted by Gasteiger charge is -1.60. The van der Waals surface area contributed by atoms with Gasteiger partial charge in [-0.1, -0.05) is 0 Å². The van der Waals surface area contributed by atoms with E-state index in [1.165, 1.54) is 0 Å². The van der Waals surface area contributed by atoms with Crippen LogP contribution in [0.15, 0.2) is 0 Å². The van der Waals surface area contributed by atoms with Crippen LogP contribution in [0, 0.1) is 0 Å². The zero-order valence-electron chi connectivity index (χ0n) is 6.51. The summed E-state index contributed by atoms with van der Waals surface area (Å²) < 4.78 is 0. The molecule has 4 N–H and O–H groups in total. The van der Waals surface area contributed by atoms with Gasteiger partial charge in [0.25, 0.3) is 11.9 Å². The van der Waals surface area contributed by atoms with Crippen molar-refractivity contribution >= 4 is 18.1 Å². The van der Waals surface area contributed by atoms with Crippen LogP contribution in [0.2, 0.25) is 0 Å². The molecule has 0 unspecified atom stereocenters. The maximum atomic E-state index is 9.00. The molecule has 72 valence electrons. The van der Waals surface area contributed by atoms with Gasteiger partial charge in [0, 0.05) is 13.8 Å². The summed E-state index contributed by atoms with van der Waals surface area (Å²) in [6.07, 6.45) is -1.83. The van der Waals surface area contributed by atoms with Crippen LogP contribution in [0.1, 0.15) is 13.8 Å². The number of hydrogen-bond acceptors (Lipinski definition) is 3. The Morgan fingerprint density at radius 1 is 0.750 bits per heavy atom. The van der Waals surface area contributed by atoms with E-state index >= 15 is 0 Å². The fourth-order valence-corrected chi connectivity index (χ4v) is 0. The summed E-state index contributed by atoms with van der Waals surface area (Å²) >= 11 is 0. The Kier molecular flexibility index (Phi) is 16.6. The van der Waals surface area contributed by atoms with Crippen molar-refractivity contribution in [1.82, 2.24) is 0 Å². The predicted molar refractivity (Wildman–Crippen MR) is 37.3 cm³/mol. The van der Waals surface area contributed by atoms with Crippen molar-refractivity contribution < 1.29 is 34.8 Å². The van der Waals surface area contributed by atoms with Crippen LogP contribution < -0.4 is 0 Å². The van der Waals surface area contributed by atoms with Crippen molar-refractivity contribution in [2.24, 2.45) is 0 Å². The Morgan fingerprint density at radius 2 is 0.750 bits per heavy atom. The van der Waals surface area contributed by atoms with E-state index in [4.69, 9.17) is 34.8 Å². The molecule has 12 heavy (non-hydrogen) atoms. The Balaban J connectivity index is -0.000000101. The minimum atomic E-state index is -1.83. The molecule has 7 nitrogen and oxygen atoms in total. The van der Waals surface area contributed by atoms with Gasteiger partial charge >= 0.3 is 6.16 Å². The van der Waals surface area contributed by atoms with Crippen LogP contribution in [0.4, 0.5) is 4.79 Å². The van der Waals surface area contributed by atoms with Crippen LogP contribution in [0.5, 0.6) is 0 Å². The first-order chi connectivity index (χ1) is 5.20. The molecule has 0 aliphatic carbocycles. The first kappa shape index (κ1) is 16.7. The van der Waals surface area contributed by atoms with Gasteiger partial charge in [0.2, 0.25) is 0 Å². The van der Waals surface area contributed by atoms with Gasteiger partial charge in [-0.25, -0.2) is 4.79 Å². The van der Waals surface area contributed by atoms with Crippen molar-refractivity contribution in [3.8, 4) is 0 Å². The van der Waals surface area contributed by atoms with E-state index < -0.39 is 18.1 Å². The van der Waals surface area contributed by atoms with Gasteiger partial charge in [-0.3, -0.25) is 9.59 Å². The van der Waals surface area contributed by atoms with Crippen molar-refractivity contribution in [1.29, 1.82) is 0 Å². The molecular weight excluding hydrogens is 172 g/mol. The summed E-state index contributed by atoms with van der Waals surface area (Å²) in [5, 5.41) is 28.8. The molecule has 0 radical (unpaired) electrons. The molecule has 0 rings (SSSR count). The smallest absolute Gasteiger partial charge is 0.481 e. The highest BCUT2D eigenvalue weighted by molar-refractivity contribution is 5.63. The Bertz CT molecular complexity index is 109. The quantitative estimate of drug-likeness (QED) is 0.426. The minimum absolute atomic E-state index is 0.833. The molecule has 0 saturated heterocycles. The molecule has 0 aliphatic rings. The van der Waals surface area contributed by atoms with E-state index in [-0.39, 0.29) is 0 Å². The topological polar surface area (TPSA) is 132 Å². The second kappa shape index (κ2) is 11.9. The second-order valence-electron chi connectivity index (χ2n) is 1.32. The van der Waals surface area contributed by atoms with Crippen LogP contribution in [-0.2, 0) is 9.59 Å². The summed E-state index contributed by atoms with van der Waals surface area (Å²) in [6, 6.07) is 0. The molecule has 0 atom stereocenters. The third kappa shape index (κ3) is 133. The van der Waals surface area contributed by atoms with E-state index in [0.717, 1.165) is 13.8 Å². The van der Waals surface area contributed by atoms with E-state index in [0.29, 0.717) is 0 Å². The Hall–Kier alpha value is -1.79. The van der Waals surface area contributed by atoms with Gasteiger partial charge in [-0.05, 0) is 0 Å². The van der Waals surface area contributed by atoms with E-state index in [2.05, 4.69) is 0 Å². The van der Waals surface area contributed by atoms with E-state index in [1.54, 1.807) is 0 Å². The summed E-state index contributed by atoms with van der Waals surface area (Å²) in [6.45, 7) is 2.17. The zero-order chi connectivity index (χ0) is 10.7. The van der Waals surface area contributed by atoms with Gasteiger partial charge in [-0.2, -0.15) is 0 Å². The highest BCUT2D eigenvalue weighted by Gasteiger charge is 1.70. The Morgan fingerprint density at radius 3 is 0.750 bits per heavy atom. The van der Waals surface area contributed by atoms with Crippen LogP contribution in [0.25, 0.3) is 0 Å². The lowest BCUT2D eigenvalue weighted by Crippen LogP contribution is -1.81. The lowest BCUT2D eigenvalue weighted by molar-refractivity contribution is -0.135. The highest BCUT2D eigenvalue weighted by atomic mass is 16.6. The Labute approximate surface area is 67.9 Å². The highest BCUT2D eigenvalue weighted by Crippen LogP contribution is 1.43. The summed E-state index contributed by atoms with van der Waals surface area (Å²) in [4.78, 5) is 26.6. The van der Waals surface area contributed by atoms with Crippen molar-refractivity contribution in [3.63, 3.8) is 0 Å². The number of hydrogen-bond donors (Lipinski definition) is 4. The van der Waals surface area contributed by atoms with Crippen LogP contribution in [-0.4, -0.2) is 38.5 Å². The third-order valence-corrected chi connectivity index (χ3v) is 0. The lowest BCUT2D eigenvalue weighted by atomic mass is 10.9. The van der Waals surface area contributed by atoms with Gasteiger partial charge in [0.15, 0.2) is 0 Å². The molecule has 0 fully saturated rings. The minimum Gasteiger partial charge on any atom is -0.481 e. The standard InChI is InChI=1S/2C2H4O2.CH2O3/c2*1-2(3)4;2-1(3)4/h2*1H3,(H,3,4);(H2,2,3,4). The molecule has 0 spiro atoms. The van der Waals surface area contributed by atoms with Gasteiger partial charge < -0.3 is 20.4 Å². The zero-order valence-corrected chi connectivity index (χ0v) is 6.51. The van der Waals surface area contributed by atoms with E-state index in [9.17, 15) is 0 Å². The van der Waals surface area contributed by atoms with Gasteiger partial charge in [-0.15, -0.1) is 0 Å². The first-order valence-electron chi connectivity index (χ1n) is 2.51. The van der Waals surface area contributed by atoms with Crippen LogP contribution >= 0.6 is 0 Å². The number of carboxylic acid groups (broad SMARTS) is 4.